The Balaban J connectivity index is 1.71. The summed E-state index contributed by atoms with van der Waals surface area (Å²) >= 11 is 6.59. The Kier molecular flexibility index (Phi) is 7.52. The van der Waals surface area contributed by atoms with Gasteiger partial charge < -0.3 is 15.0 Å². The molecule has 1 heterocycles. The molecular formula is C27H25ClN6O2. The van der Waals surface area contributed by atoms with E-state index in [2.05, 4.69) is 27.1 Å². The van der Waals surface area contributed by atoms with Crippen molar-refractivity contribution in [2.75, 3.05) is 12.4 Å². The zero-order valence-electron chi connectivity index (χ0n) is 19.9. The van der Waals surface area contributed by atoms with Crippen LogP contribution in [0.4, 0.5) is 5.69 Å². The van der Waals surface area contributed by atoms with E-state index in [-0.39, 0.29) is 5.56 Å². The van der Waals surface area contributed by atoms with E-state index in [1.54, 1.807) is 25.2 Å². The average Bonchev–Trinajstić information content (AvgIpc) is 3.22. The Hall–Kier alpha value is -4.35. The van der Waals surface area contributed by atoms with Crippen LogP contribution in [-0.2, 0) is 13.0 Å². The number of nitrogens with one attached hydrogen (secondary N) is 2. The number of hydrogen-bond acceptors (Lipinski definition) is 4. The predicted molar refractivity (Wildman–Crippen MR) is 142 cm³/mol. The molecule has 4 aromatic rings. The average molecular weight is 501 g/mol. The number of anilines is 1. The molecule has 0 radical (unpaired) electrons. The Morgan fingerprint density at radius 2 is 1.94 bits per heavy atom. The number of aromatic carboxylic acids is 1. The first-order chi connectivity index (χ1) is 17.4. The van der Waals surface area contributed by atoms with Gasteiger partial charge in [-0.05, 0) is 41.3 Å². The van der Waals surface area contributed by atoms with Crippen molar-refractivity contribution in [2.24, 2.45) is 4.99 Å². The first kappa shape index (κ1) is 24.8. The van der Waals surface area contributed by atoms with Crippen LogP contribution in [0.2, 0.25) is 5.02 Å². The number of halogens is 1. The number of aromatic nitrogens is 2. The van der Waals surface area contributed by atoms with Crippen LogP contribution >= 0.6 is 11.6 Å². The van der Waals surface area contributed by atoms with E-state index in [4.69, 9.17) is 21.8 Å². The van der Waals surface area contributed by atoms with Crippen molar-refractivity contribution in [3.05, 3.63) is 82.6 Å². The van der Waals surface area contributed by atoms with E-state index in [0.717, 1.165) is 35.3 Å². The molecule has 0 saturated carbocycles. The fourth-order valence-corrected chi connectivity index (χ4v) is 4.38. The van der Waals surface area contributed by atoms with Crippen molar-refractivity contribution in [1.82, 2.24) is 14.9 Å². The number of hydrogen-bond donors (Lipinski definition) is 3. The molecule has 3 N–H and O–H groups in total. The summed E-state index contributed by atoms with van der Waals surface area (Å²) in [5, 5.41) is 24.5. The van der Waals surface area contributed by atoms with E-state index in [9.17, 15) is 9.90 Å². The van der Waals surface area contributed by atoms with Gasteiger partial charge in [-0.15, -0.1) is 0 Å². The Labute approximate surface area is 213 Å². The monoisotopic (exact) mass is 500 g/mol. The number of aliphatic imine (C=N–C) groups is 1. The summed E-state index contributed by atoms with van der Waals surface area (Å²) in [5.74, 6) is 0.280. The standard InChI is InChI=1S/C27H25ClN6O2/c1-3-6-24-33-25-22(28)13-19(32-27(30-2)31-16-29)14-23(25)34(24)15-17-9-11-18(12-10-17)20-7-4-5-8-21(20)26(35)36/h4-5,7-14H,3,6,15H2,1-2H3,(H,35,36)(H2,30,31,32). The first-order valence-corrected chi connectivity index (χ1v) is 11.8. The lowest BCUT2D eigenvalue weighted by Crippen LogP contribution is -2.26. The van der Waals surface area contributed by atoms with Crippen LogP contribution in [0.15, 0.2) is 65.7 Å². The third-order valence-electron chi connectivity index (χ3n) is 5.78. The fourth-order valence-electron chi connectivity index (χ4n) is 4.12. The molecule has 0 amide bonds. The van der Waals surface area contributed by atoms with Crippen molar-refractivity contribution in [3.8, 4) is 17.3 Å². The molecule has 0 spiro atoms. The van der Waals surface area contributed by atoms with Crippen LogP contribution in [0, 0.1) is 11.5 Å². The van der Waals surface area contributed by atoms with Gasteiger partial charge in [0.25, 0.3) is 0 Å². The third-order valence-corrected chi connectivity index (χ3v) is 6.07. The number of fused-ring (bicyclic) bond motifs is 1. The largest absolute Gasteiger partial charge is 0.478 e. The molecule has 36 heavy (non-hydrogen) atoms. The van der Waals surface area contributed by atoms with Gasteiger partial charge in [-0.25, -0.2) is 9.78 Å². The number of aryl methyl sites for hydroxylation is 1. The summed E-state index contributed by atoms with van der Waals surface area (Å²) in [7, 11) is 1.58. The highest BCUT2D eigenvalue weighted by molar-refractivity contribution is 6.35. The highest BCUT2D eigenvalue weighted by Crippen LogP contribution is 2.30. The quantitative estimate of drug-likeness (QED) is 0.133. The van der Waals surface area contributed by atoms with Crippen LogP contribution in [0.5, 0.6) is 0 Å². The van der Waals surface area contributed by atoms with Crippen molar-refractivity contribution in [3.63, 3.8) is 0 Å². The lowest BCUT2D eigenvalue weighted by atomic mass is 9.99. The second-order valence-corrected chi connectivity index (χ2v) is 8.58. The van der Waals surface area contributed by atoms with Crippen LogP contribution < -0.4 is 10.6 Å². The van der Waals surface area contributed by atoms with Gasteiger partial charge in [0.1, 0.15) is 11.3 Å². The summed E-state index contributed by atoms with van der Waals surface area (Å²) in [5.41, 5.74) is 5.08. The molecule has 0 atom stereocenters. The molecule has 9 heteroatoms. The normalized spacial score (nSPS) is 11.3. The van der Waals surface area contributed by atoms with Gasteiger partial charge in [-0.2, -0.15) is 5.26 Å². The maximum absolute atomic E-state index is 11.6. The molecular weight excluding hydrogens is 476 g/mol. The smallest absolute Gasteiger partial charge is 0.336 e. The number of benzene rings is 3. The Morgan fingerprint density at radius 1 is 1.19 bits per heavy atom. The molecule has 0 saturated heterocycles. The molecule has 0 bridgehead atoms. The number of nitrogens with zero attached hydrogens (tertiary/aromatic N) is 4. The number of carbonyl (C=O) groups is 1. The van der Waals surface area contributed by atoms with Crippen LogP contribution in [0.1, 0.15) is 35.1 Å². The first-order valence-electron chi connectivity index (χ1n) is 11.4. The van der Waals surface area contributed by atoms with Crippen molar-refractivity contribution in [1.29, 1.82) is 5.26 Å². The highest BCUT2D eigenvalue weighted by Gasteiger charge is 2.16. The van der Waals surface area contributed by atoms with Gasteiger partial charge in [0.2, 0.25) is 5.96 Å². The fraction of sp³-hybridized carbons (Fsp3) is 0.185. The summed E-state index contributed by atoms with van der Waals surface area (Å²) < 4.78 is 2.14. The van der Waals surface area contributed by atoms with Crippen LogP contribution in [0.25, 0.3) is 22.2 Å². The number of carboxylic acids is 1. The van der Waals surface area contributed by atoms with Gasteiger partial charge in [-0.1, -0.05) is 61.0 Å². The second-order valence-electron chi connectivity index (χ2n) is 8.17. The number of carboxylic acid groups (broad SMARTS) is 1. The van der Waals surface area contributed by atoms with Crippen molar-refractivity contribution >= 4 is 40.3 Å². The van der Waals surface area contributed by atoms with E-state index >= 15 is 0 Å². The van der Waals surface area contributed by atoms with E-state index in [1.165, 1.54) is 0 Å². The van der Waals surface area contributed by atoms with Gasteiger partial charge in [0.15, 0.2) is 6.19 Å². The van der Waals surface area contributed by atoms with Gasteiger partial charge in [-0.3, -0.25) is 10.3 Å². The molecule has 4 rings (SSSR count). The highest BCUT2D eigenvalue weighted by atomic mass is 35.5. The number of nitriles is 1. The second kappa shape index (κ2) is 10.9. The topological polar surface area (TPSA) is 115 Å². The Morgan fingerprint density at radius 3 is 2.61 bits per heavy atom. The number of imidazole rings is 1. The van der Waals surface area contributed by atoms with Gasteiger partial charge >= 0.3 is 5.97 Å². The molecule has 8 nitrogen and oxygen atoms in total. The molecule has 3 aromatic carbocycles. The molecule has 1 aromatic heterocycles. The molecule has 0 aliphatic rings. The molecule has 0 aliphatic carbocycles. The molecule has 182 valence electrons. The van der Waals surface area contributed by atoms with Crippen LogP contribution in [0.3, 0.4) is 0 Å². The lowest BCUT2D eigenvalue weighted by molar-refractivity contribution is 0.0697. The van der Waals surface area contributed by atoms with Crippen LogP contribution in [-0.4, -0.2) is 33.6 Å². The van der Waals surface area contributed by atoms with E-state index in [0.29, 0.717) is 34.3 Å². The summed E-state index contributed by atoms with van der Waals surface area (Å²) in [4.78, 5) is 20.5. The Bertz CT molecular complexity index is 1480. The zero-order chi connectivity index (χ0) is 25.7. The minimum absolute atomic E-state index is 0.270. The zero-order valence-corrected chi connectivity index (χ0v) is 20.7. The van der Waals surface area contributed by atoms with Gasteiger partial charge in [0, 0.05) is 25.7 Å². The maximum atomic E-state index is 11.6. The van der Waals surface area contributed by atoms with E-state index in [1.807, 2.05) is 48.7 Å². The summed E-state index contributed by atoms with van der Waals surface area (Å²) in [6.07, 6.45) is 3.57. The molecule has 0 unspecified atom stereocenters. The minimum atomic E-state index is -0.952. The van der Waals surface area contributed by atoms with Crippen molar-refractivity contribution < 1.29 is 9.90 Å². The predicted octanol–water partition coefficient (Wildman–Crippen LogP) is 5.52. The minimum Gasteiger partial charge on any atom is -0.478 e. The third kappa shape index (κ3) is 5.16. The van der Waals surface area contributed by atoms with Gasteiger partial charge in [0.05, 0.1) is 16.1 Å². The summed E-state index contributed by atoms with van der Waals surface area (Å²) in [6.45, 7) is 2.67. The SMILES string of the molecule is CCCc1nc2c(Cl)cc(NC(=NC)NC#N)cc2n1Cc1ccc(-c2ccccc2C(=O)O)cc1. The molecule has 0 fully saturated rings. The lowest BCUT2D eigenvalue weighted by Gasteiger charge is -2.12. The summed E-state index contributed by atoms with van der Waals surface area (Å²) in [6, 6.07) is 18.5. The number of rotatable bonds is 7. The van der Waals surface area contributed by atoms with E-state index < -0.39 is 5.97 Å². The molecule has 0 aliphatic heterocycles. The van der Waals surface area contributed by atoms with Crippen molar-refractivity contribution in [2.45, 2.75) is 26.3 Å². The maximum Gasteiger partial charge on any atom is 0.336 e. The number of guanidine groups is 1.